The minimum Gasteiger partial charge on any atom is -0.440 e. The number of nitrogens with one attached hydrogen (secondary N) is 1. The van der Waals surface area contributed by atoms with E-state index < -0.39 is 0 Å². The molecular formula is C12H13Cl2N5OS. The van der Waals surface area contributed by atoms with Crippen LogP contribution in [0.25, 0.3) is 11.3 Å². The number of amidine groups is 1. The zero-order valence-electron chi connectivity index (χ0n) is 10.7. The van der Waals surface area contributed by atoms with Crippen molar-refractivity contribution in [3.05, 3.63) is 41.4 Å². The summed E-state index contributed by atoms with van der Waals surface area (Å²) in [5.41, 5.74) is 11.5. The number of oxazole rings is 1. The number of rotatable bonds is 3. The second-order valence-electron chi connectivity index (χ2n) is 3.75. The highest BCUT2D eigenvalue weighted by Gasteiger charge is 2.08. The third kappa shape index (κ3) is 5.30. The molecule has 1 heterocycles. The van der Waals surface area contributed by atoms with E-state index in [-0.39, 0.29) is 23.5 Å². The Bertz CT molecular complexity index is 659. The minimum atomic E-state index is -0.331. The fraction of sp³-hybridized carbons (Fsp3) is 0.0833. The maximum atomic E-state index is 6.99. The third-order valence-corrected chi connectivity index (χ3v) is 3.25. The summed E-state index contributed by atoms with van der Waals surface area (Å²) in [4.78, 5) is 7.75. The lowest BCUT2D eigenvalue weighted by Gasteiger charge is -1.98. The van der Waals surface area contributed by atoms with E-state index in [9.17, 15) is 0 Å². The molecule has 0 fully saturated rings. The van der Waals surface area contributed by atoms with Gasteiger partial charge < -0.3 is 15.9 Å². The molecule has 0 bridgehead atoms. The van der Waals surface area contributed by atoms with Crippen molar-refractivity contribution in [2.24, 2.45) is 16.5 Å². The molecule has 2 aromatic rings. The number of thioether (sulfide) groups is 1. The second kappa shape index (κ2) is 7.92. The summed E-state index contributed by atoms with van der Waals surface area (Å²) in [6, 6.07) is 7.31. The number of benzene rings is 1. The molecule has 0 unspecified atom stereocenters. The average Bonchev–Trinajstić information content (AvgIpc) is 2.84. The van der Waals surface area contributed by atoms with E-state index in [1.807, 2.05) is 12.1 Å². The van der Waals surface area contributed by atoms with Crippen molar-refractivity contribution >= 4 is 46.9 Å². The fourth-order valence-corrected chi connectivity index (χ4v) is 2.20. The summed E-state index contributed by atoms with van der Waals surface area (Å²) < 4.78 is 5.59. The molecular weight excluding hydrogens is 333 g/mol. The predicted molar refractivity (Wildman–Crippen MR) is 89.0 cm³/mol. The molecule has 0 aliphatic rings. The number of hydrogen-bond acceptors (Lipinski definition) is 4. The second-order valence-corrected chi connectivity index (χ2v) is 5.18. The maximum absolute atomic E-state index is 6.99. The van der Waals surface area contributed by atoms with E-state index in [1.165, 1.54) is 11.8 Å². The largest absolute Gasteiger partial charge is 0.440 e. The molecule has 0 spiro atoms. The Kier molecular flexibility index (Phi) is 6.54. The molecule has 2 rings (SSSR count). The number of aliphatic imine (C=N–C) groups is 1. The zero-order valence-corrected chi connectivity index (χ0v) is 13.1. The fourth-order valence-electron chi connectivity index (χ4n) is 1.44. The SMILES string of the molecule is Cl.N=C(N)N=C(N)SCc1ncc(-c2cccc(Cl)c2)o1. The summed E-state index contributed by atoms with van der Waals surface area (Å²) in [6.07, 6.45) is 1.62. The van der Waals surface area contributed by atoms with Crippen molar-refractivity contribution in [1.82, 2.24) is 4.98 Å². The lowest BCUT2D eigenvalue weighted by molar-refractivity contribution is 0.530. The number of nitrogens with two attached hydrogens (primary N) is 2. The molecule has 0 aliphatic heterocycles. The van der Waals surface area contributed by atoms with Crippen LogP contribution in [0.5, 0.6) is 0 Å². The van der Waals surface area contributed by atoms with Crippen LogP contribution in [0.3, 0.4) is 0 Å². The first-order valence-corrected chi connectivity index (χ1v) is 6.92. The van der Waals surface area contributed by atoms with Gasteiger partial charge in [-0.15, -0.1) is 12.4 Å². The molecule has 9 heteroatoms. The lowest BCUT2D eigenvalue weighted by Crippen LogP contribution is -2.14. The highest BCUT2D eigenvalue weighted by molar-refractivity contribution is 8.13. The minimum absolute atomic E-state index is 0. The summed E-state index contributed by atoms with van der Waals surface area (Å²) >= 11 is 7.12. The monoisotopic (exact) mass is 345 g/mol. The maximum Gasteiger partial charge on any atom is 0.214 e. The smallest absolute Gasteiger partial charge is 0.214 e. The summed E-state index contributed by atoms with van der Waals surface area (Å²) in [6.45, 7) is 0. The van der Waals surface area contributed by atoms with Gasteiger partial charge >= 0.3 is 0 Å². The molecule has 0 aliphatic carbocycles. The first kappa shape index (κ1) is 17.4. The van der Waals surface area contributed by atoms with Gasteiger partial charge in [-0.1, -0.05) is 35.5 Å². The van der Waals surface area contributed by atoms with E-state index in [0.717, 1.165) is 5.56 Å². The van der Waals surface area contributed by atoms with Gasteiger partial charge in [0.1, 0.15) is 0 Å². The highest BCUT2D eigenvalue weighted by atomic mass is 35.5. The number of nitrogens with zero attached hydrogens (tertiary/aromatic N) is 2. The first-order chi connectivity index (χ1) is 9.54. The van der Waals surface area contributed by atoms with Crippen LogP contribution in [0, 0.1) is 5.41 Å². The Hall–Kier alpha value is -1.70. The molecule has 1 aromatic heterocycles. The molecule has 5 N–H and O–H groups in total. The first-order valence-electron chi connectivity index (χ1n) is 5.56. The summed E-state index contributed by atoms with van der Waals surface area (Å²) in [5.74, 6) is 1.21. The zero-order chi connectivity index (χ0) is 14.5. The van der Waals surface area contributed by atoms with Crippen LogP contribution in [0.15, 0.2) is 39.9 Å². The van der Waals surface area contributed by atoms with Crippen molar-refractivity contribution in [3.8, 4) is 11.3 Å². The molecule has 112 valence electrons. The molecule has 0 atom stereocenters. The number of halogens is 2. The normalized spacial score (nSPS) is 11.0. The Morgan fingerprint density at radius 3 is 2.86 bits per heavy atom. The van der Waals surface area contributed by atoms with E-state index in [0.29, 0.717) is 22.4 Å². The van der Waals surface area contributed by atoms with Crippen LogP contribution >= 0.6 is 35.8 Å². The highest BCUT2D eigenvalue weighted by Crippen LogP contribution is 2.24. The molecule has 1 aromatic carbocycles. The lowest BCUT2D eigenvalue weighted by atomic mass is 10.2. The Labute approximate surface area is 136 Å². The van der Waals surface area contributed by atoms with Crippen molar-refractivity contribution in [2.45, 2.75) is 5.75 Å². The summed E-state index contributed by atoms with van der Waals surface area (Å²) in [7, 11) is 0. The Morgan fingerprint density at radius 2 is 2.19 bits per heavy atom. The van der Waals surface area contributed by atoms with Crippen molar-refractivity contribution in [3.63, 3.8) is 0 Å². The molecule has 0 saturated carbocycles. The van der Waals surface area contributed by atoms with Gasteiger partial charge in [-0.2, -0.15) is 4.99 Å². The standard InChI is InChI=1S/C12H12ClN5OS.ClH/c13-8-3-1-2-7(4-8)9-5-17-10(19-9)6-20-12(16)18-11(14)15;/h1-5H,6H2,(H5,14,15,16,18);1H. The Morgan fingerprint density at radius 1 is 1.43 bits per heavy atom. The molecule has 21 heavy (non-hydrogen) atoms. The van der Waals surface area contributed by atoms with Gasteiger partial charge in [0.2, 0.25) is 11.9 Å². The number of guanidine groups is 1. The molecule has 6 nitrogen and oxygen atoms in total. The van der Waals surface area contributed by atoms with Crippen LogP contribution in [-0.4, -0.2) is 16.1 Å². The van der Waals surface area contributed by atoms with Gasteiger partial charge in [0.15, 0.2) is 10.9 Å². The average molecular weight is 346 g/mol. The topological polar surface area (TPSA) is 114 Å². The van der Waals surface area contributed by atoms with Gasteiger partial charge in [0, 0.05) is 10.6 Å². The van der Waals surface area contributed by atoms with Gasteiger partial charge in [0.25, 0.3) is 0 Å². The van der Waals surface area contributed by atoms with Crippen LogP contribution < -0.4 is 11.5 Å². The van der Waals surface area contributed by atoms with Crippen LogP contribution in [0.4, 0.5) is 0 Å². The number of hydrogen-bond donors (Lipinski definition) is 3. The van der Waals surface area contributed by atoms with E-state index in [4.69, 9.17) is 32.9 Å². The van der Waals surface area contributed by atoms with Crippen LogP contribution in [-0.2, 0) is 5.75 Å². The predicted octanol–water partition coefficient (Wildman–Crippen LogP) is 2.86. The van der Waals surface area contributed by atoms with Gasteiger partial charge in [0.05, 0.1) is 11.9 Å². The molecule has 0 amide bonds. The van der Waals surface area contributed by atoms with Gasteiger partial charge in [-0.05, 0) is 12.1 Å². The quantitative estimate of drug-likeness (QED) is 0.584. The molecule has 0 radical (unpaired) electrons. The third-order valence-electron chi connectivity index (χ3n) is 2.24. The van der Waals surface area contributed by atoms with Gasteiger partial charge in [-0.3, -0.25) is 5.41 Å². The number of aromatic nitrogens is 1. The van der Waals surface area contributed by atoms with E-state index in [2.05, 4.69) is 9.98 Å². The van der Waals surface area contributed by atoms with Crippen LogP contribution in [0.2, 0.25) is 5.02 Å². The van der Waals surface area contributed by atoms with E-state index >= 15 is 0 Å². The summed E-state index contributed by atoms with van der Waals surface area (Å²) in [5, 5.41) is 7.82. The van der Waals surface area contributed by atoms with Gasteiger partial charge in [-0.25, -0.2) is 4.98 Å². The van der Waals surface area contributed by atoms with Crippen LogP contribution in [0.1, 0.15) is 5.89 Å². The van der Waals surface area contributed by atoms with Crippen molar-refractivity contribution < 1.29 is 4.42 Å². The van der Waals surface area contributed by atoms with E-state index in [1.54, 1.807) is 18.3 Å². The van der Waals surface area contributed by atoms with Crippen molar-refractivity contribution in [1.29, 1.82) is 5.41 Å². The van der Waals surface area contributed by atoms with Crippen molar-refractivity contribution in [2.75, 3.05) is 0 Å². The molecule has 0 saturated heterocycles. The Balaban J connectivity index is 0.00000220.